The Morgan fingerprint density at radius 2 is 1.90 bits per heavy atom. The molecular weight excluding hydrogens is 268 g/mol. The first-order valence-electron chi connectivity index (χ1n) is 7.58. The number of amides is 2. The van der Waals surface area contributed by atoms with E-state index < -0.39 is 11.6 Å². The first kappa shape index (κ1) is 14.0. The highest BCUT2D eigenvalue weighted by Crippen LogP contribution is 2.35. The van der Waals surface area contributed by atoms with Gasteiger partial charge in [-0.25, -0.2) is 9.97 Å². The molecule has 1 N–H and O–H groups in total. The Morgan fingerprint density at radius 1 is 1.24 bits per heavy atom. The second kappa shape index (κ2) is 5.42. The number of anilines is 1. The number of rotatable bonds is 2. The minimum atomic E-state index is -0.725. The Kier molecular flexibility index (Phi) is 3.61. The monoisotopic (exact) mass is 288 g/mol. The van der Waals surface area contributed by atoms with Crippen molar-refractivity contribution in [2.45, 2.75) is 57.0 Å². The topological polar surface area (TPSA) is 75.2 Å². The van der Waals surface area contributed by atoms with Gasteiger partial charge in [0.05, 0.1) is 18.1 Å². The van der Waals surface area contributed by atoms with E-state index in [-0.39, 0.29) is 11.8 Å². The number of carbonyl (C=O) groups excluding carboxylic acids is 2. The number of aromatic nitrogens is 2. The molecule has 2 fully saturated rings. The average Bonchev–Trinajstić information content (AvgIpc) is 2.52. The number of hydrogen-bond acceptors (Lipinski definition) is 4. The van der Waals surface area contributed by atoms with Crippen LogP contribution in [-0.2, 0) is 9.59 Å². The van der Waals surface area contributed by atoms with E-state index in [2.05, 4.69) is 15.3 Å². The van der Waals surface area contributed by atoms with Crippen LogP contribution in [0.4, 0.5) is 5.69 Å². The van der Waals surface area contributed by atoms with Crippen molar-refractivity contribution in [1.29, 1.82) is 0 Å². The quantitative estimate of drug-likeness (QED) is 0.893. The molecule has 1 atom stereocenters. The van der Waals surface area contributed by atoms with Gasteiger partial charge in [-0.1, -0.05) is 26.2 Å². The van der Waals surface area contributed by atoms with E-state index in [1.165, 1.54) is 6.33 Å². The van der Waals surface area contributed by atoms with Gasteiger partial charge in [-0.05, 0) is 19.3 Å². The van der Waals surface area contributed by atoms with Crippen LogP contribution in [0, 0.1) is 0 Å². The van der Waals surface area contributed by atoms with Crippen molar-refractivity contribution in [3.05, 3.63) is 18.7 Å². The van der Waals surface area contributed by atoms with Gasteiger partial charge >= 0.3 is 0 Å². The molecule has 0 aromatic carbocycles. The molecule has 1 aliphatic heterocycles. The maximum Gasteiger partial charge on any atom is 0.253 e. The van der Waals surface area contributed by atoms with Gasteiger partial charge in [0.2, 0.25) is 5.91 Å². The molecular formula is C15H20N4O2. The molecule has 21 heavy (non-hydrogen) atoms. The normalized spacial score (nSPS) is 25.0. The summed E-state index contributed by atoms with van der Waals surface area (Å²) in [5.41, 5.74) is -0.120. The molecule has 2 heterocycles. The van der Waals surface area contributed by atoms with Crippen molar-refractivity contribution >= 4 is 17.5 Å². The van der Waals surface area contributed by atoms with E-state index >= 15 is 0 Å². The van der Waals surface area contributed by atoms with Crippen LogP contribution in [0.1, 0.15) is 45.4 Å². The molecule has 1 aromatic rings. The Labute approximate surface area is 124 Å². The molecule has 2 aliphatic rings. The molecule has 0 bridgehead atoms. The lowest BCUT2D eigenvalue weighted by Gasteiger charge is -2.47. The third kappa shape index (κ3) is 2.28. The molecule has 2 amide bonds. The van der Waals surface area contributed by atoms with Crippen LogP contribution in [0.3, 0.4) is 0 Å². The maximum absolute atomic E-state index is 13.1. The predicted molar refractivity (Wildman–Crippen MR) is 77.6 cm³/mol. The van der Waals surface area contributed by atoms with Gasteiger partial charge in [-0.2, -0.15) is 0 Å². The minimum Gasteiger partial charge on any atom is -0.340 e. The van der Waals surface area contributed by atoms with Crippen molar-refractivity contribution in [2.75, 3.05) is 4.90 Å². The Hall–Kier alpha value is -1.98. The van der Waals surface area contributed by atoms with Crippen molar-refractivity contribution in [2.24, 2.45) is 0 Å². The summed E-state index contributed by atoms with van der Waals surface area (Å²) in [6, 6.07) is -0.476. The minimum absolute atomic E-state index is 0.0107. The summed E-state index contributed by atoms with van der Waals surface area (Å²) in [7, 11) is 0. The fourth-order valence-electron chi connectivity index (χ4n) is 3.44. The first-order chi connectivity index (χ1) is 10.2. The summed E-state index contributed by atoms with van der Waals surface area (Å²) in [5.74, 6) is -0.0775. The largest absolute Gasteiger partial charge is 0.340 e. The number of piperazine rings is 1. The summed E-state index contributed by atoms with van der Waals surface area (Å²) in [5, 5.41) is 3.01. The standard InChI is InChI=1S/C15H20N4O2/c1-2-12-13(20)18-15(6-4-3-5-7-15)14(21)19(12)11-8-16-10-17-9-11/h8-10,12H,2-7H2,1H3,(H,18,20). The van der Waals surface area contributed by atoms with Crippen molar-refractivity contribution in [3.63, 3.8) is 0 Å². The highest BCUT2D eigenvalue weighted by molar-refractivity contribution is 6.10. The molecule has 1 unspecified atom stereocenters. The molecule has 1 saturated carbocycles. The van der Waals surface area contributed by atoms with Gasteiger partial charge in [0.1, 0.15) is 17.9 Å². The van der Waals surface area contributed by atoms with Crippen LogP contribution in [0.2, 0.25) is 0 Å². The number of nitrogens with zero attached hydrogens (tertiary/aromatic N) is 3. The molecule has 1 spiro atoms. The van der Waals surface area contributed by atoms with Gasteiger partial charge in [0, 0.05) is 0 Å². The number of carbonyl (C=O) groups is 2. The molecule has 112 valence electrons. The third-order valence-corrected chi connectivity index (χ3v) is 4.52. The second-order valence-electron chi connectivity index (χ2n) is 5.83. The third-order valence-electron chi connectivity index (χ3n) is 4.52. The van der Waals surface area contributed by atoms with Crippen LogP contribution in [0.15, 0.2) is 18.7 Å². The van der Waals surface area contributed by atoms with Gasteiger partial charge in [0.25, 0.3) is 5.91 Å². The Morgan fingerprint density at radius 3 is 2.52 bits per heavy atom. The Balaban J connectivity index is 2.01. The summed E-state index contributed by atoms with van der Waals surface area (Å²) in [6.07, 6.45) is 9.71. The van der Waals surface area contributed by atoms with Crippen molar-refractivity contribution in [3.8, 4) is 0 Å². The molecule has 1 aromatic heterocycles. The lowest BCUT2D eigenvalue weighted by molar-refractivity contribution is -0.139. The highest BCUT2D eigenvalue weighted by Gasteiger charge is 2.51. The zero-order chi connectivity index (χ0) is 14.9. The molecule has 1 aliphatic carbocycles. The van der Waals surface area contributed by atoms with Crippen LogP contribution in [0.25, 0.3) is 0 Å². The van der Waals surface area contributed by atoms with Gasteiger partial charge < -0.3 is 5.32 Å². The number of hydrogen-bond donors (Lipinski definition) is 1. The van der Waals surface area contributed by atoms with Crippen molar-refractivity contribution < 1.29 is 9.59 Å². The lowest BCUT2D eigenvalue weighted by Crippen LogP contribution is -2.71. The molecule has 6 nitrogen and oxygen atoms in total. The maximum atomic E-state index is 13.1. The van der Waals surface area contributed by atoms with Crippen molar-refractivity contribution in [1.82, 2.24) is 15.3 Å². The predicted octanol–water partition coefficient (Wildman–Crippen LogP) is 1.42. The molecule has 6 heteroatoms. The fourth-order valence-corrected chi connectivity index (χ4v) is 3.44. The lowest BCUT2D eigenvalue weighted by atomic mass is 9.78. The van der Waals surface area contributed by atoms with E-state index in [1.807, 2.05) is 6.92 Å². The highest BCUT2D eigenvalue weighted by atomic mass is 16.2. The van der Waals surface area contributed by atoms with Crippen LogP contribution in [0.5, 0.6) is 0 Å². The summed E-state index contributed by atoms with van der Waals surface area (Å²) < 4.78 is 0. The van der Waals surface area contributed by atoms with Crippen LogP contribution in [-0.4, -0.2) is 33.4 Å². The SMILES string of the molecule is CCC1C(=O)NC2(CCCCC2)C(=O)N1c1cncnc1. The van der Waals surface area contributed by atoms with Gasteiger partial charge in [0.15, 0.2) is 0 Å². The first-order valence-corrected chi connectivity index (χ1v) is 7.58. The second-order valence-corrected chi connectivity index (χ2v) is 5.83. The molecule has 3 rings (SSSR count). The van der Waals surface area contributed by atoms with E-state index in [0.29, 0.717) is 12.1 Å². The smallest absolute Gasteiger partial charge is 0.253 e. The molecule has 0 radical (unpaired) electrons. The molecule has 1 saturated heterocycles. The summed E-state index contributed by atoms with van der Waals surface area (Å²) in [6.45, 7) is 1.91. The summed E-state index contributed by atoms with van der Waals surface area (Å²) >= 11 is 0. The average molecular weight is 288 g/mol. The van der Waals surface area contributed by atoms with Crippen LogP contribution >= 0.6 is 0 Å². The van der Waals surface area contributed by atoms with Crippen LogP contribution < -0.4 is 10.2 Å². The van der Waals surface area contributed by atoms with E-state index in [9.17, 15) is 9.59 Å². The number of nitrogens with one attached hydrogen (secondary N) is 1. The summed E-state index contributed by atoms with van der Waals surface area (Å²) in [4.78, 5) is 35.1. The van der Waals surface area contributed by atoms with Gasteiger partial charge in [-0.15, -0.1) is 0 Å². The van der Waals surface area contributed by atoms with E-state index in [4.69, 9.17) is 0 Å². The zero-order valence-corrected chi connectivity index (χ0v) is 12.2. The van der Waals surface area contributed by atoms with E-state index in [0.717, 1.165) is 32.1 Å². The Bertz CT molecular complexity index is 540. The van der Waals surface area contributed by atoms with Gasteiger partial charge in [-0.3, -0.25) is 14.5 Å². The fraction of sp³-hybridized carbons (Fsp3) is 0.600. The van der Waals surface area contributed by atoms with E-state index in [1.54, 1.807) is 17.3 Å². The zero-order valence-electron chi connectivity index (χ0n) is 12.2.